The third-order valence-corrected chi connectivity index (χ3v) is 7.36. The molecule has 0 unspecified atom stereocenters. The molecule has 1 saturated heterocycles. The summed E-state index contributed by atoms with van der Waals surface area (Å²) in [5, 5.41) is 13.9. The molecule has 5 rings (SSSR count). The van der Waals surface area contributed by atoms with E-state index in [9.17, 15) is 23.2 Å². The van der Waals surface area contributed by atoms with E-state index in [1.807, 2.05) is 0 Å². The SMILES string of the molecule is CN1CCC(CNC(=O)c2cccc(-c3ccc(F)c(C(=O)Nc4cn[nH]c4C(=O)Nc4ccc(F)cc4)c3F)c2)CC1. The Labute approximate surface area is 245 Å². The van der Waals surface area contributed by atoms with Gasteiger partial charge in [-0.15, -0.1) is 0 Å². The van der Waals surface area contributed by atoms with Crippen LogP contribution >= 0.6 is 0 Å². The summed E-state index contributed by atoms with van der Waals surface area (Å²) in [6, 6.07) is 13.4. The van der Waals surface area contributed by atoms with Crippen molar-refractivity contribution in [1.29, 1.82) is 0 Å². The van der Waals surface area contributed by atoms with Gasteiger partial charge in [0.1, 0.15) is 28.7 Å². The molecular weight excluding hydrogens is 561 g/mol. The summed E-state index contributed by atoms with van der Waals surface area (Å²) in [7, 11) is 2.06. The molecule has 9 nitrogen and oxygen atoms in total. The van der Waals surface area contributed by atoms with Crippen LogP contribution in [-0.2, 0) is 0 Å². The quantitative estimate of drug-likeness (QED) is 0.229. The molecule has 1 aliphatic rings. The minimum absolute atomic E-state index is 0.0852. The van der Waals surface area contributed by atoms with Crippen molar-refractivity contribution in [2.24, 2.45) is 5.92 Å². The van der Waals surface area contributed by atoms with Gasteiger partial charge >= 0.3 is 0 Å². The highest BCUT2D eigenvalue weighted by Gasteiger charge is 2.25. The zero-order chi connectivity index (χ0) is 30.5. The first-order valence-electron chi connectivity index (χ1n) is 13.7. The van der Waals surface area contributed by atoms with E-state index in [1.165, 1.54) is 24.3 Å². The summed E-state index contributed by atoms with van der Waals surface area (Å²) in [6.45, 7) is 2.48. The number of aromatic nitrogens is 2. The van der Waals surface area contributed by atoms with Crippen LogP contribution in [0.1, 0.15) is 44.0 Å². The molecule has 0 bridgehead atoms. The van der Waals surface area contributed by atoms with Crippen LogP contribution in [0, 0.1) is 23.4 Å². The molecule has 0 spiro atoms. The van der Waals surface area contributed by atoms with Crippen LogP contribution in [0.5, 0.6) is 0 Å². The van der Waals surface area contributed by atoms with E-state index >= 15 is 4.39 Å². The molecule has 1 fully saturated rings. The van der Waals surface area contributed by atoms with E-state index in [-0.39, 0.29) is 34.1 Å². The van der Waals surface area contributed by atoms with E-state index in [0.29, 0.717) is 18.0 Å². The minimum Gasteiger partial charge on any atom is -0.352 e. The van der Waals surface area contributed by atoms with Crippen LogP contribution in [0.15, 0.2) is 66.9 Å². The number of nitrogens with zero attached hydrogens (tertiary/aromatic N) is 2. The maximum atomic E-state index is 15.7. The van der Waals surface area contributed by atoms with Gasteiger partial charge in [0.25, 0.3) is 17.7 Å². The fourth-order valence-electron chi connectivity index (χ4n) is 4.88. The maximum absolute atomic E-state index is 15.7. The average molecular weight is 591 g/mol. The zero-order valence-corrected chi connectivity index (χ0v) is 23.2. The van der Waals surface area contributed by atoms with Crippen molar-refractivity contribution < 1.29 is 27.6 Å². The Balaban J connectivity index is 1.31. The number of carbonyl (C=O) groups is 3. The predicted molar refractivity (Wildman–Crippen MR) is 155 cm³/mol. The lowest BCUT2D eigenvalue weighted by molar-refractivity contribution is 0.0937. The topological polar surface area (TPSA) is 119 Å². The van der Waals surface area contributed by atoms with E-state index in [2.05, 4.69) is 38.1 Å². The Kier molecular flexibility index (Phi) is 8.86. The van der Waals surface area contributed by atoms with Gasteiger partial charge in [0.05, 0.1) is 11.9 Å². The lowest BCUT2D eigenvalue weighted by atomic mass is 9.96. The molecule has 2 heterocycles. The number of likely N-dealkylation sites (tertiary alicyclic amines) is 1. The summed E-state index contributed by atoms with van der Waals surface area (Å²) < 4.78 is 43.7. The first kappa shape index (κ1) is 29.5. The van der Waals surface area contributed by atoms with Crippen molar-refractivity contribution in [1.82, 2.24) is 20.4 Å². The molecule has 222 valence electrons. The Morgan fingerprint density at radius 2 is 1.67 bits per heavy atom. The second-order valence-electron chi connectivity index (χ2n) is 10.4. The zero-order valence-electron chi connectivity index (χ0n) is 23.2. The average Bonchev–Trinajstić information content (AvgIpc) is 3.46. The van der Waals surface area contributed by atoms with Gasteiger partial charge in [-0.3, -0.25) is 19.5 Å². The molecule has 4 aromatic rings. The Hall–Kier alpha value is -4.97. The molecule has 0 aliphatic carbocycles. The number of piperidine rings is 1. The van der Waals surface area contributed by atoms with Crippen molar-refractivity contribution in [3.8, 4) is 11.1 Å². The lowest BCUT2D eigenvalue weighted by Crippen LogP contribution is -2.36. The number of anilines is 2. The number of benzene rings is 3. The number of halogens is 3. The number of rotatable bonds is 8. The van der Waals surface area contributed by atoms with Crippen LogP contribution in [0.2, 0.25) is 0 Å². The van der Waals surface area contributed by atoms with Gasteiger partial charge in [0.15, 0.2) is 0 Å². The largest absolute Gasteiger partial charge is 0.352 e. The van der Waals surface area contributed by atoms with Gasteiger partial charge in [0.2, 0.25) is 0 Å². The number of H-pyrrole nitrogens is 1. The normalized spacial score (nSPS) is 13.9. The van der Waals surface area contributed by atoms with Crippen molar-refractivity contribution >= 4 is 29.1 Å². The van der Waals surface area contributed by atoms with Crippen LogP contribution < -0.4 is 16.0 Å². The van der Waals surface area contributed by atoms with Crippen molar-refractivity contribution in [3.05, 3.63) is 101 Å². The lowest BCUT2D eigenvalue weighted by Gasteiger charge is -2.28. The van der Waals surface area contributed by atoms with E-state index < -0.39 is 34.8 Å². The number of hydrogen-bond acceptors (Lipinski definition) is 5. The molecule has 3 aromatic carbocycles. The maximum Gasteiger partial charge on any atom is 0.275 e. The highest BCUT2D eigenvalue weighted by atomic mass is 19.1. The first-order valence-corrected chi connectivity index (χ1v) is 13.7. The van der Waals surface area contributed by atoms with Crippen LogP contribution in [-0.4, -0.2) is 59.5 Å². The van der Waals surface area contributed by atoms with Crippen molar-refractivity contribution in [3.63, 3.8) is 0 Å². The smallest absolute Gasteiger partial charge is 0.275 e. The number of hydrogen-bond donors (Lipinski definition) is 4. The second-order valence-corrected chi connectivity index (χ2v) is 10.4. The van der Waals surface area contributed by atoms with Crippen LogP contribution in [0.25, 0.3) is 11.1 Å². The van der Waals surface area contributed by atoms with Gasteiger partial charge in [-0.1, -0.05) is 12.1 Å². The third-order valence-electron chi connectivity index (χ3n) is 7.36. The van der Waals surface area contributed by atoms with Gasteiger partial charge in [0, 0.05) is 23.4 Å². The molecular formula is C31H29F3N6O3. The first-order chi connectivity index (χ1) is 20.7. The number of amides is 3. The second kappa shape index (κ2) is 12.9. The van der Waals surface area contributed by atoms with Crippen molar-refractivity contribution in [2.45, 2.75) is 12.8 Å². The summed E-state index contributed by atoms with van der Waals surface area (Å²) in [5.41, 5.74) is -0.415. The summed E-state index contributed by atoms with van der Waals surface area (Å²) >= 11 is 0. The Morgan fingerprint density at radius 3 is 2.42 bits per heavy atom. The van der Waals surface area contributed by atoms with E-state index in [1.54, 1.807) is 18.2 Å². The molecule has 43 heavy (non-hydrogen) atoms. The van der Waals surface area contributed by atoms with Crippen LogP contribution in [0.4, 0.5) is 24.5 Å². The molecule has 0 radical (unpaired) electrons. The molecule has 12 heteroatoms. The van der Waals surface area contributed by atoms with Gasteiger partial charge in [-0.2, -0.15) is 5.10 Å². The number of aromatic amines is 1. The summed E-state index contributed by atoms with van der Waals surface area (Å²) in [4.78, 5) is 40.9. The summed E-state index contributed by atoms with van der Waals surface area (Å²) in [5.74, 6) is -4.55. The highest BCUT2D eigenvalue weighted by Crippen LogP contribution is 2.29. The molecule has 1 aliphatic heterocycles. The van der Waals surface area contributed by atoms with Gasteiger partial charge in [-0.05, 0) is 93.0 Å². The standard InChI is InChI=1S/C31H29F3N6O3/c1-40-13-11-18(12-14-40)16-35-29(41)20-4-2-3-19(15-20)23-9-10-24(33)26(27(23)34)30(42)38-25-17-36-39-28(25)31(43)37-22-7-5-21(32)6-8-22/h2-10,15,17-18H,11-14,16H2,1H3,(H,35,41)(H,36,39)(H,37,43)(H,38,42). The fourth-order valence-corrected chi connectivity index (χ4v) is 4.88. The molecule has 3 amide bonds. The minimum atomic E-state index is -1.15. The van der Waals surface area contributed by atoms with Crippen molar-refractivity contribution in [2.75, 3.05) is 37.3 Å². The monoisotopic (exact) mass is 590 g/mol. The van der Waals surface area contributed by atoms with E-state index in [4.69, 9.17) is 0 Å². The van der Waals surface area contributed by atoms with Crippen LogP contribution in [0.3, 0.4) is 0 Å². The number of nitrogens with one attached hydrogen (secondary N) is 4. The fraction of sp³-hybridized carbons (Fsp3) is 0.226. The van der Waals surface area contributed by atoms with Gasteiger partial charge < -0.3 is 20.9 Å². The molecule has 1 aromatic heterocycles. The highest BCUT2D eigenvalue weighted by molar-refractivity contribution is 6.12. The van der Waals surface area contributed by atoms with Gasteiger partial charge in [-0.25, -0.2) is 13.2 Å². The summed E-state index contributed by atoms with van der Waals surface area (Å²) in [6.07, 6.45) is 3.09. The molecule has 4 N–H and O–H groups in total. The third kappa shape index (κ3) is 6.92. The Bertz CT molecular complexity index is 1650. The Morgan fingerprint density at radius 1 is 0.930 bits per heavy atom. The molecule has 0 saturated carbocycles. The number of carbonyl (C=O) groups excluding carboxylic acids is 3. The van der Waals surface area contributed by atoms with E-state index in [0.717, 1.165) is 50.3 Å². The molecule has 0 atom stereocenters. The predicted octanol–water partition coefficient (Wildman–Crippen LogP) is 5.07.